The molecule has 2 aliphatic heterocycles. The Morgan fingerprint density at radius 1 is 0.964 bits per heavy atom. The number of benzene rings is 2. The van der Waals surface area contributed by atoms with Crippen LogP contribution in [0.4, 0.5) is 13.2 Å². The molecule has 2 aromatic carbocycles. The summed E-state index contributed by atoms with van der Waals surface area (Å²) in [5.41, 5.74) is 1.10. The maximum Gasteiger partial charge on any atom is 0.416 e. The first-order valence-corrected chi connectivity index (χ1v) is 19.2. The van der Waals surface area contributed by atoms with E-state index in [2.05, 4.69) is 32.0 Å². The monoisotopic (exact) mass is 767 g/mol. The number of amides is 1. The Morgan fingerprint density at radius 2 is 1.76 bits per heavy atom. The number of pyridine rings is 1. The van der Waals surface area contributed by atoms with Gasteiger partial charge in [-0.05, 0) is 74.7 Å². The second-order valence-electron chi connectivity index (χ2n) is 14.7. The first kappa shape index (κ1) is 36.8. The maximum absolute atomic E-state index is 14.2. The third-order valence-electron chi connectivity index (χ3n) is 10.9. The first-order chi connectivity index (χ1) is 26.4. The number of likely N-dealkylation sites (tertiary alicyclic amines) is 2. The molecule has 2 atom stereocenters. The van der Waals surface area contributed by atoms with Crippen molar-refractivity contribution in [1.29, 1.82) is 0 Å². The van der Waals surface area contributed by atoms with Crippen LogP contribution in [0.15, 0.2) is 103 Å². The van der Waals surface area contributed by atoms with Crippen LogP contribution in [0.2, 0.25) is 0 Å². The number of hydrogen-bond acceptors (Lipinski definition) is 8. The van der Waals surface area contributed by atoms with Crippen molar-refractivity contribution in [3.8, 4) is 16.3 Å². The summed E-state index contributed by atoms with van der Waals surface area (Å²) in [5, 5.41) is 12.8. The van der Waals surface area contributed by atoms with Crippen LogP contribution >= 0.6 is 11.3 Å². The number of thiazole rings is 1. The maximum atomic E-state index is 14.2. The number of fused-ring (bicyclic) bond motifs is 1. The molecule has 4 aromatic heterocycles. The quantitative estimate of drug-likeness (QED) is 0.184. The molecule has 0 aliphatic carbocycles. The molecule has 14 heteroatoms. The molecule has 55 heavy (non-hydrogen) atoms. The molecule has 284 valence electrons. The number of carbonyl (C=O) groups excluding carboxylic acids is 1. The van der Waals surface area contributed by atoms with Gasteiger partial charge >= 0.3 is 6.18 Å². The molecule has 6 heterocycles. The van der Waals surface area contributed by atoms with Gasteiger partial charge in [0.15, 0.2) is 5.65 Å². The van der Waals surface area contributed by atoms with Crippen LogP contribution in [0.25, 0.3) is 27.3 Å². The second kappa shape index (κ2) is 14.8. The largest absolute Gasteiger partial charge is 0.416 e. The van der Waals surface area contributed by atoms with E-state index in [9.17, 15) is 27.9 Å². The van der Waals surface area contributed by atoms with Gasteiger partial charge in [0, 0.05) is 78.4 Å². The predicted octanol–water partition coefficient (Wildman–Crippen LogP) is 6.69. The lowest BCUT2D eigenvalue weighted by Gasteiger charge is -2.43. The molecule has 1 amide bonds. The molecular weight excluding hydrogens is 728 g/mol. The van der Waals surface area contributed by atoms with Crippen molar-refractivity contribution in [1.82, 2.24) is 33.9 Å². The lowest BCUT2D eigenvalue weighted by molar-refractivity contribution is -0.142. The van der Waals surface area contributed by atoms with Crippen molar-refractivity contribution in [2.24, 2.45) is 5.92 Å². The van der Waals surface area contributed by atoms with Crippen LogP contribution in [0.1, 0.15) is 46.9 Å². The van der Waals surface area contributed by atoms with Crippen molar-refractivity contribution in [2.45, 2.75) is 57.0 Å². The van der Waals surface area contributed by atoms with Crippen LogP contribution in [0.5, 0.6) is 0 Å². The van der Waals surface area contributed by atoms with Gasteiger partial charge in [0.1, 0.15) is 11.3 Å². The van der Waals surface area contributed by atoms with Crippen LogP contribution in [-0.4, -0.2) is 76.7 Å². The number of carbonyl (C=O) groups is 1. The average Bonchev–Trinajstić information content (AvgIpc) is 3.84. The molecule has 2 saturated heterocycles. The lowest BCUT2D eigenvalue weighted by Crippen LogP contribution is -2.53. The van der Waals surface area contributed by atoms with Crippen LogP contribution < -0.4 is 5.56 Å². The van der Waals surface area contributed by atoms with E-state index in [4.69, 9.17) is 0 Å². The van der Waals surface area contributed by atoms with E-state index < -0.39 is 22.9 Å². The van der Waals surface area contributed by atoms with Crippen molar-refractivity contribution in [3.05, 3.63) is 130 Å². The van der Waals surface area contributed by atoms with Crippen LogP contribution in [0.3, 0.4) is 0 Å². The minimum absolute atomic E-state index is 0.00317. The summed E-state index contributed by atoms with van der Waals surface area (Å²) in [7, 11) is 0. The van der Waals surface area contributed by atoms with E-state index in [1.807, 2.05) is 54.5 Å². The van der Waals surface area contributed by atoms with Gasteiger partial charge in [-0.25, -0.2) is 9.97 Å². The molecule has 0 radical (unpaired) electrons. The SMILES string of the molecule is Cc1ccc(-c2ncc(CN3CC[C@@H](C(=O)N4CCC(O)(Cn5cnc6c(ccn6-c6cccc(C(F)(F)F)c6)c5=O)CC4)[C@H](c4ccccc4)C3)s2)cn1. The van der Waals surface area contributed by atoms with E-state index in [-0.39, 0.29) is 53.9 Å². The number of hydrogen-bond donors (Lipinski definition) is 1. The summed E-state index contributed by atoms with van der Waals surface area (Å²) in [4.78, 5) is 46.7. The number of aryl methyl sites for hydroxylation is 1. The van der Waals surface area contributed by atoms with Crippen LogP contribution in [0, 0.1) is 12.8 Å². The zero-order chi connectivity index (χ0) is 38.3. The Bertz CT molecular complexity index is 2370. The lowest BCUT2D eigenvalue weighted by atomic mass is 9.79. The fraction of sp³-hybridized carbons (Fsp3) is 0.341. The summed E-state index contributed by atoms with van der Waals surface area (Å²) >= 11 is 1.66. The smallest absolute Gasteiger partial charge is 0.388 e. The molecule has 2 fully saturated rings. The highest BCUT2D eigenvalue weighted by Crippen LogP contribution is 2.37. The van der Waals surface area contributed by atoms with Gasteiger partial charge < -0.3 is 14.6 Å². The van der Waals surface area contributed by atoms with Gasteiger partial charge in [-0.15, -0.1) is 11.3 Å². The molecule has 0 saturated carbocycles. The number of halogens is 3. The molecule has 1 N–H and O–H groups in total. The Kier molecular flexibility index (Phi) is 9.90. The summed E-state index contributed by atoms with van der Waals surface area (Å²) in [5.74, 6) is -0.133. The van der Waals surface area contributed by atoms with Crippen molar-refractivity contribution >= 4 is 28.3 Å². The Balaban J connectivity index is 0.928. The fourth-order valence-electron chi connectivity index (χ4n) is 7.89. The standard InChI is InChI=1S/C41H40F3N7O3S/c1-27-10-11-29(21-45-27)37-46-22-32(55-37)23-48-16-12-33(35(24-48)28-6-3-2-4-7-28)38(52)49-18-14-40(54,15-19-49)25-50-26-47-36-34(39(50)53)13-17-51(36)31-9-5-8-30(20-31)41(42,43)44/h2-11,13,17,20-22,26,33,35,54H,12,14-16,18-19,23-25H2,1H3/t33-,35+/m1/s1. The van der Waals surface area contributed by atoms with Crippen molar-refractivity contribution in [3.63, 3.8) is 0 Å². The average molecular weight is 768 g/mol. The second-order valence-corrected chi connectivity index (χ2v) is 15.8. The zero-order valence-electron chi connectivity index (χ0n) is 30.2. The molecule has 2 aliphatic rings. The van der Waals surface area contributed by atoms with E-state index >= 15 is 0 Å². The fourth-order valence-corrected chi connectivity index (χ4v) is 8.83. The molecule has 0 spiro atoms. The van der Waals surface area contributed by atoms with E-state index in [0.717, 1.165) is 58.5 Å². The highest BCUT2D eigenvalue weighted by atomic mass is 32.1. The Hall–Kier alpha value is -5.18. The minimum Gasteiger partial charge on any atom is -0.388 e. The van der Waals surface area contributed by atoms with Gasteiger partial charge in [0.2, 0.25) is 5.91 Å². The molecule has 10 nitrogen and oxygen atoms in total. The highest BCUT2D eigenvalue weighted by molar-refractivity contribution is 7.15. The zero-order valence-corrected chi connectivity index (χ0v) is 31.0. The molecule has 8 rings (SSSR count). The van der Waals surface area contributed by atoms with Crippen LogP contribution in [-0.2, 0) is 24.1 Å². The number of piperidine rings is 2. The number of alkyl halides is 3. The molecule has 0 bridgehead atoms. The minimum atomic E-state index is -4.51. The molecule has 6 aromatic rings. The van der Waals surface area contributed by atoms with Gasteiger partial charge in [0.25, 0.3) is 5.56 Å². The predicted molar refractivity (Wildman–Crippen MR) is 204 cm³/mol. The van der Waals surface area contributed by atoms with Gasteiger partial charge in [-0.2, -0.15) is 13.2 Å². The highest BCUT2D eigenvalue weighted by Gasteiger charge is 2.41. The Labute approximate surface area is 319 Å². The number of aliphatic hydroxyl groups is 1. The van der Waals surface area contributed by atoms with Gasteiger partial charge in [-0.1, -0.05) is 36.4 Å². The van der Waals surface area contributed by atoms with Gasteiger partial charge in [0.05, 0.1) is 23.1 Å². The normalized spacial score (nSPS) is 19.2. The first-order valence-electron chi connectivity index (χ1n) is 18.3. The number of nitrogens with zero attached hydrogens (tertiary/aromatic N) is 7. The Morgan fingerprint density at radius 3 is 2.51 bits per heavy atom. The molecule has 0 unspecified atom stereocenters. The summed E-state index contributed by atoms with van der Waals surface area (Å²) in [6, 6.07) is 20.6. The van der Waals surface area contributed by atoms with Crippen molar-refractivity contribution in [2.75, 3.05) is 26.2 Å². The summed E-state index contributed by atoms with van der Waals surface area (Å²) in [6.45, 7) is 4.89. The summed E-state index contributed by atoms with van der Waals surface area (Å²) in [6.07, 6.45) is 3.40. The third-order valence-corrected chi connectivity index (χ3v) is 12.0. The van der Waals surface area contributed by atoms with Crippen molar-refractivity contribution < 1.29 is 23.1 Å². The third kappa shape index (κ3) is 7.71. The number of aromatic nitrogens is 5. The van der Waals surface area contributed by atoms with Gasteiger partial charge in [-0.3, -0.25) is 24.0 Å². The number of rotatable bonds is 8. The van der Waals surface area contributed by atoms with E-state index in [1.54, 1.807) is 11.3 Å². The topological polar surface area (TPSA) is 109 Å². The molecular formula is C41H40F3N7O3S. The van der Waals surface area contributed by atoms with E-state index in [0.29, 0.717) is 19.5 Å². The van der Waals surface area contributed by atoms with E-state index in [1.165, 1.54) is 39.9 Å². The summed E-state index contributed by atoms with van der Waals surface area (Å²) < 4.78 is 42.9.